The highest BCUT2D eigenvalue weighted by molar-refractivity contribution is 7.89. The molecule has 0 aromatic heterocycles. The Kier molecular flexibility index (Phi) is 7.10. The van der Waals surface area contributed by atoms with Gasteiger partial charge in [-0.05, 0) is 37.5 Å². The molecule has 4 nitrogen and oxygen atoms in total. The van der Waals surface area contributed by atoms with Gasteiger partial charge in [-0.2, -0.15) is 0 Å². The quantitative estimate of drug-likeness (QED) is 0.843. The third-order valence-corrected chi connectivity index (χ3v) is 5.26. The minimum atomic E-state index is -3.78. The number of hydrogen-bond acceptors (Lipinski definition) is 3. The molecule has 3 N–H and O–H groups in total. The Bertz CT molecular complexity index is 537. The van der Waals surface area contributed by atoms with Crippen LogP contribution in [-0.2, 0) is 10.0 Å². The molecule has 0 aliphatic heterocycles. The molecule has 116 valence electrons. The SMILES string of the molecule is CCC(CC)(CN)NS(=O)(=O)c1cc(F)ccc1C.Cl. The maximum Gasteiger partial charge on any atom is 0.241 e. The zero-order valence-corrected chi connectivity index (χ0v) is 13.6. The monoisotopic (exact) mass is 324 g/mol. The Balaban J connectivity index is 0.00000361. The Morgan fingerprint density at radius 2 is 1.85 bits per heavy atom. The van der Waals surface area contributed by atoms with Gasteiger partial charge in [0.15, 0.2) is 0 Å². The van der Waals surface area contributed by atoms with Crippen LogP contribution in [0.15, 0.2) is 23.1 Å². The van der Waals surface area contributed by atoms with Crippen molar-refractivity contribution in [1.29, 1.82) is 0 Å². The second kappa shape index (κ2) is 7.36. The fourth-order valence-electron chi connectivity index (χ4n) is 1.93. The molecule has 0 heterocycles. The minimum absolute atomic E-state index is 0. The molecule has 1 aromatic carbocycles. The van der Waals surface area contributed by atoms with Crippen molar-refractivity contribution in [3.8, 4) is 0 Å². The Labute approximate surface area is 126 Å². The molecule has 0 fully saturated rings. The molecule has 0 saturated heterocycles. The van der Waals surface area contributed by atoms with E-state index in [0.717, 1.165) is 6.07 Å². The van der Waals surface area contributed by atoms with E-state index >= 15 is 0 Å². The summed E-state index contributed by atoms with van der Waals surface area (Å²) in [6, 6.07) is 3.72. The van der Waals surface area contributed by atoms with Crippen molar-refractivity contribution < 1.29 is 12.8 Å². The van der Waals surface area contributed by atoms with E-state index in [9.17, 15) is 12.8 Å². The van der Waals surface area contributed by atoms with Gasteiger partial charge in [-0.25, -0.2) is 17.5 Å². The molecule has 0 bridgehead atoms. The molecule has 20 heavy (non-hydrogen) atoms. The highest BCUT2D eigenvalue weighted by Crippen LogP contribution is 2.21. The standard InChI is InChI=1S/C13H21FN2O2S.ClH/c1-4-13(5-2,9-15)16-19(17,18)12-8-11(14)7-6-10(12)3;/h6-8,16H,4-5,9,15H2,1-3H3;1H. The zero-order valence-electron chi connectivity index (χ0n) is 11.9. The average Bonchev–Trinajstić information content (AvgIpc) is 2.39. The molecule has 0 unspecified atom stereocenters. The summed E-state index contributed by atoms with van der Waals surface area (Å²) < 4.78 is 40.6. The molecule has 1 aromatic rings. The largest absolute Gasteiger partial charge is 0.329 e. The molecule has 1 rings (SSSR count). The van der Waals surface area contributed by atoms with E-state index in [2.05, 4.69) is 4.72 Å². The minimum Gasteiger partial charge on any atom is -0.329 e. The predicted octanol–water partition coefficient (Wildman–Crippen LogP) is 2.35. The van der Waals surface area contributed by atoms with Crippen LogP contribution in [0.2, 0.25) is 0 Å². The lowest BCUT2D eigenvalue weighted by molar-refractivity contribution is 0.363. The molecule has 0 radical (unpaired) electrons. The molecule has 7 heteroatoms. The van der Waals surface area contributed by atoms with E-state index < -0.39 is 21.4 Å². The summed E-state index contributed by atoms with van der Waals surface area (Å²) >= 11 is 0. The molecule has 0 atom stereocenters. The van der Waals surface area contributed by atoms with Crippen molar-refractivity contribution in [1.82, 2.24) is 4.72 Å². The topological polar surface area (TPSA) is 72.2 Å². The van der Waals surface area contributed by atoms with Crippen molar-refractivity contribution in [3.05, 3.63) is 29.6 Å². The summed E-state index contributed by atoms with van der Waals surface area (Å²) in [5.41, 5.74) is 5.50. The number of halogens is 2. The van der Waals surface area contributed by atoms with E-state index in [-0.39, 0.29) is 23.8 Å². The summed E-state index contributed by atoms with van der Waals surface area (Å²) in [6.07, 6.45) is 1.15. The first-order chi connectivity index (χ1) is 8.80. The van der Waals surface area contributed by atoms with Crippen molar-refractivity contribution in [3.63, 3.8) is 0 Å². The van der Waals surface area contributed by atoms with Crippen LogP contribution < -0.4 is 10.5 Å². The second-order valence-electron chi connectivity index (χ2n) is 4.71. The van der Waals surface area contributed by atoms with Crippen LogP contribution in [0, 0.1) is 12.7 Å². The first-order valence-corrected chi connectivity index (χ1v) is 7.78. The summed E-state index contributed by atoms with van der Waals surface area (Å²) in [5, 5.41) is 0. The van der Waals surface area contributed by atoms with Gasteiger partial charge in [-0.15, -0.1) is 12.4 Å². The van der Waals surface area contributed by atoms with Crippen LogP contribution in [0.25, 0.3) is 0 Å². The Hall–Kier alpha value is -0.690. The highest BCUT2D eigenvalue weighted by atomic mass is 35.5. The number of hydrogen-bond donors (Lipinski definition) is 2. The number of aryl methyl sites for hydroxylation is 1. The number of nitrogens with two attached hydrogens (primary N) is 1. The fourth-order valence-corrected chi connectivity index (χ4v) is 3.74. The second-order valence-corrected chi connectivity index (χ2v) is 6.36. The van der Waals surface area contributed by atoms with E-state index in [0.29, 0.717) is 18.4 Å². The zero-order chi connectivity index (χ0) is 14.7. The number of nitrogens with one attached hydrogen (secondary N) is 1. The third kappa shape index (κ3) is 4.15. The molecule has 0 aliphatic carbocycles. The van der Waals surface area contributed by atoms with Crippen LogP contribution in [0.1, 0.15) is 32.3 Å². The third-order valence-electron chi connectivity index (χ3n) is 3.53. The normalized spacial score (nSPS) is 12.1. The summed E-state index contributed by atoms with van der Waals surface area (Å²) in [6.45, 7) is 5.58. The number of benzene rings is 1. The fraction of sp³-hybridized carbons (Fsp3) is 0.538. The van der Waals surface area contributed by atoms with Crippen LogP contribution >= 0.6 is 12.4 Å². The van der Waals surface area contributed by atoms with Crippen molar-refractivity contribution in [2.75, 3.05) is 6.54 Å². The van der Waals surface area contributed by atoms with Gasteiger partial charge in [0.05, 0.1) is 4.90 Å². The smallest absolute Gasteiger partial charge is 0.241 e. The predicted molar refractivity (Wildman–Crippen MR) is 81.1 cm³/mol. The summed E-state index contributed by atoms with van der Waals surface area (Å²) in [4.78, 5) is -0.0350. The molecule has 0 spiro atoms. The molecular formula is C13H22ClFN2O2S. The lowest BCUT2D eigenvalue weighted by Gasteiger charge is -2.31. The van der Waals surface area contributed by atoms with Gasteiger partial charge in [-0.1, -0.05) is 19.9 Å². The lowest BCUT2D eigenvalue weighted by atomic mass is 9.95. The van der Waals surface area contributed by atoms with Gasteiger partial charge < -0.3 is 5.73 Å². The summed E-state index contributed by atoms with van der Waals surface area (Å²) in [7, 11) is -3.78. The van der Waals surface area contributed by atoms with E-state index in [1.807, 2.05) is 13.8 Å². The average molecular weight is 325 g/mol. The Morgan fingerprint density at radius 1 is 1.30 bits per heavy atom. The van der Waals surface area contributed by atoms with Crippen LogP contribution in [0.4, 0.5) is 4.39 Å². The number of rotatable bonds is 6. The van der Waals surface area contributed by atoms with Gasteiger partial charge >= 0.3 is 0 Å². The van der Waals surface area contributed by atoms with Crippen LogP contribution in [-0.4, -0.2) is 20.5 Å². The van der Waals surface area contributed by atoms with E-state index in [4.69, 9.17) is 5.73 Å². The molecule has 0 amide bonds. The van der Waals surface area contributed by atoms with E-state index in [1.54, 1.807) is 6.92 Å². The van der Waals surface area contributed by atoms with Crippen molar-refractivity contribution in [2.24, 2.45) is 5.73 Å². The van der Waals surface area contributed by atoms with Gasteiger partial charge in [0.2, 0.25) is 10.0 Å². The van der Waals surface area contributed by atoms with Crippen molar-refractivity contribution in [2.45, 2.75) is 44.0 Å². The van der Waals surface area contributed by atoms with Gasteiger partial charge in [0.1, 0.15) is 5.82 Å². The number of sulfonamides is 1. The molecular weight excluding hydrogens is 303 g/mol. The Morgan fingerprint density at radius 3 is 2.30 bits per heavy atom. The van der Waals surface area contributed by atoms with Gasteiger partial charge in [0, 0.05) is 12.1 Å². The van der Waals surface area contributed by atoms with Crippen LogP contribution in [0.3, 0.4) is 0 Å². The molecule has 0 aliphatic rings. The molecule has 0 saturated carbocycles. The summed E-state index contributed by atoms with van der Waals surface area (Å²) in [5.74, 6) is -0.572. The van der Waals surface area contributed by atoms with Crippen LogP contribution in [0.5, 0.6) is 0 Å². The van der Waals surface area contributed by atoms with Gasteiger partial charge in [0.25, 0.3) is 0 Å². The first-order valence-electron chi connectivity index (χ1n) is 6.30. The first kappa shape index (κ1) is 19.3. The highest BCUT2D eigenvalue weighted by Gasteiger charge is 2.31. The van der Waals surface area contributed by atoms with E-state index in [1.165, 1.54) is 12.1 Å². The lowest BCUT2D eigenvalue weighted by Crippen LogP contribution is -2.52. The van der Waals surface area contributed by atoms with Gasteiger partial charge in [-0.3, -0.25) is 0 Å². The maximum absolute atomic E-state index is 13.2. The maximum atomic E-state index is 13.2. The van der Waals surface area contributed by atoms with Crippen molar-refractivity contribution >= 4 is 22.4 Å².